The standard InChI is InChI=1S/C5H6O2/c1-2-5-6-3-4-7-5/h2-5H,1H2. The smallest absolute Gasteiger partial charge is 0.259 e. The molecule has 1 rings (SSSR count). The lowest BCUT2D eigenvalue weighted by Gasteiger charge is -2.00. The van der Waals surface area contributed by atoms with Gasteiger partial charge in [-0.3, -0.25) is 0 Å². The molecule has 1 aliphatic rings. The van der Waals surface area contributed by atoms with Gasteiger partial charge in [0.2, 0.25) is 0 Å². The van der Waals surface area contributed by atoms with Gasteiger partial charge in [-0.25, -0.2) is 0 Å². The van der Waals surface area contributed by atoms with Crippen LogP contribution in [0.4, 0.5) is 0 Å². The highest BCUT2D eigenvalue weighted by Gasteiger charge is 2.03. The Morgan fingerprint density at radius 2 is 2.00 bits per heavy atom. The molecule has 0 spiro atoms. The van der Waals surface area contributed by atoms with E-state index in [9.17, 15) is 0 Å². The largest absolute Gasteiger partial charge is 0.456 e. The summed E-state index contributed by atoms with van der Waals surface area (Å²) in [4.78, 5) is 0. The zero-order valence-corrected chi connectivity index (χ0v) is 3.83. The second kappa shape index (κ2) is 1.69. The van der Waals surface area contributed by atoms with Crippen molar-refractivity contribution in [2.24, 2.45) is 0 Å². The maximum atomic E-state index is 4.78. The van der Waals surface area contributed by atoms with Crippen molar-refractivity contribution < 1.29 is 9.47 Å². The van der Waals surface area contributed by atoms with E-state index in [-0.39, 0.29) is 6.29 Å². The Bertz CT molecular complexity index is 88.3. The van der Waals surface area contributed by atoms with Gasteiger partial charge in [-0.1, -0.05) is 6.58 Å². The fourth-order valence-corrected chi connectivity index (χ4v) is 0.362. The molecule has 0 unspecified atom stereocenters. The van der Waals surface area contributed by atoms with E-state index in [1.165, 1.54) is 12.5 Å². The van der Waals surface area contributed by atoms with Crippen molar-refractivity contribution in [2.75, 3.05) is 0 Å². The zero-order chi connectivity index (χ0) is 5.11. The van der Waals surface area contributed by atoms with Crippen molar-refractivity contribution in [3.05, 3.63) is 25.2 Å². The Morgan fingerprint density at radius 1 is 1.43 bits per heavy atom. The van der Waals surface area contributed by atoms with E-state index in [1.807, 2.05) is 0 Å². The van der Waals surface area contributed by atoms with E-state index < -0.39 is 0 Å². The van der Waals surface area contributed by atoms with Crippen LogP contribution in [0.2, 0.25) is 0 Å². The van der Waals surface area contributed by atoms with Gasteiger partial charge in [0.25, 0.3) is 6.29 Å². The second-order valence-electron chi connectivity index (χ2n) is 1.15. The van der Waals surface area contributed by atoms with Crippen LogP contribution >= 0.6 is 0 Å². The molecular formula is C5H6O2. The molecule has 1 heterocycles. The summed E-state index contributed by atoms with van der Waals surface area (Å²) >= 11 is 0. The first-order chi connectivity index (χ1) is 3.43. The van der Waals surface area contributed by atoms with Gasteiger partial charge in [0.15, 0.2) is 0 Å². The van der Waals surface area contributed by atoms with Gasteiger partial charge >= 0.3 is 0 Å². The Hall–Kier alpha value is -0.920. The Kier molecular flexibility index (Phi) is 1.02. The summed E-state index contributed by atoms with van der Waals surface area (Å²) in [7, 11) is 0. The minimum absolute atomic E-state index is 0.250. The van der Waals surface area contributed by atoms with Gasteiger partial charge in [0, 0.05) is 0 Å². The van der Waals surface area contributed by atoms with E-state index in [2.05, 4.69) is 6.58 Å². The van der Waals surface area contributed by atoms with Crippen molar-refractivity contribution >= 4 is 0 Å². The topological polar surface area (TPSA) is 18.5 Å². The number of hydrogen-bond donors (Lipinski definition) is 0. The zero-order valence-electron chi connectivity index (χ0n) is 3.83. The van der Waals surface area contributed by atoms with E-state index in [4.69, 9.17) is 9.47 Å². The Morgan fingerprint density at radius 3 is 2.29 bits per heavy atom. The molecule has 0 atom stereocenters. The van der Waals surface area contributed by atoms with E-state index in [0.29, 0.717) is 0 Å². The predicted octanol–water partition coefficient (Wildman–Crippen LogP) is 1.02. The van der Waals surface area contributed by atoms with Crippen molar-refractivity contribution in [1.29, 1.82) is 0 Å². The average Bonchev–Trinajstić information content (AvgIpc) is 2.14. The summed E-state index contributed by atoms with van der Waals surface area (Å²) < 4.78 is 9.56. The summed E-state index contributed by atoms with van der Waals surface area (Å²) in [6.45, 7) is 3.45. The van der Waals surface area contributed by atoms with Crippen molar-refractivity contribution in [3.63, 3.8) is 0 Å². The van der Waals surface area contributed by atoms with Gasteiger partial charge < -0.3 is 9.47 Å². The summed E-state index contributed by atoms with van der Waals surface area (Å²) in [6.07, 6.45) is 4.32. The Labute approximate surface area is 42.0 Å². The molecular weight excluding hydrogens is 92.1 g/mol. The lowest BCUT2D eigenvalue weighted by Crippen LogP contribution is -1.99. The summed E-state index contributed by atoms with van der Waals surface area (Å²) in [5.74, 6) is 0. The predicted molar refractivity (Wildman–Crippen MR) is 25.3 cm³/mol. The number of rotatable bonds is 1. The molecule has 0 N–H and O–H groups in total. The lowest BCUT2D eigenvalue weighted by atomic mass is 10.6. The lowest BCUT2D eigenvalue weighted by molar-refractivity contribution is 0.0194. The van der Waals surface area contributed by atoms with Crippen molar-refractivity contribution in [1.82, 2.24) is 0 Å². The van der Waals surface area contributed by atoms with Crippen LogP contribution in [0.15, 0.2) is 25.2 Å². The Balaban J connectivity index is 2.35. The highest BCUT2D eigenvalue weighted by atomic mass is 16.7. The van der Waals surface area contributed by atoms with Crippen LogP contribution in [0, 0.1) is 0 Å². The van der Waals surface area contributed by atoms with Crippen molar-refractivity contribution in [3.8, 4) is 0 Å². The molecule has 0 aromatic rings. The first kappa shape index (κ1) is 4.24. The fraction of sp³-hybridized carbons (Fsp3) is 0.200. The average molecular weight is 98.1 g/mol. The fourth-order valence-electron chi connectivity index (χ4n) is 0.362. The first-order valence-electron chi connectivity index (χ1n) is 2.02. The number of hydrogen-bond acceptors (Lipinski definition) is 2. The normalized spacial score (nSPS) is 18.3. The van der Waals surface area contributed by atoms with Gasteiger partial charge in [-0.05, 0) is 6.08 Å². The van der Waals surface area contributed by atoms with Crippen molar-refractivity contribution in [2.45, 2.75) is 6.29 Å². The monoisotopic (exact) mass is 98.0 g/mol. The molecule has 0 saturated heterocycles. The molecule has 0 aromatic heterocycles. The molecule has 1 aliphatic heterocycles. The van der Waals surface area contributed by atoms with E-state index >= 15 is 0 Å². The maximum Gasteiger partial charge on any atom is 0.259 e. The third-order valence-electron chi connectivity index (χ3n) is 0.673. The van der Waals surface area contributed by atoms with Crippen LogP contribution in [-0.4, -0.2) is 6.29 Å². The molecule has 0 radical (unpaired) electrons. The molecule has 0 amide bonds. The van der Waals surface area contributed by atoms with Crippen LogP contribution in [0.3, 0.4) is 0 Å². The van der Waals surface area contributed by atoms with Gasteiger partial charge in [-0.15, -0.1) is 0 Å². The van der Waals surface area contributed by atoms with E-state index in [0.717, 1.165) is 0 Å². The van der Waals surface area contributed by atoms with E-state index in [1.54, 1.807) is 6.08 Å². The highest BCUT2D eigenvalue weighted by Crippen LogP contribution is 2.03. The van der Waals surface area contributed by atoms with Gasteiger partial charge in [0.05, 0.1) is 0 Å². The quantitative estimate of drug-likeness (QED) is 0.456. The summed E-state index contributed by atoms with van der Waals surface area (Å²) in [6, 6.07) is 0. The third kappa shape index (κ3) is 0.738. The van der Waals surface area contributed by atoms with Gasteiger partial charge in [0.1, 0.15) is 12.5 Å². The van der Waals surface area contributed by atoms with Crippen LogP contribution in [0.25, 0.3) is 0 Å². The number of ether oxygens (including phenoxy) is 2. The second-order valence-corrected chi connectivity index (χ2v) is 1.15. The minimum Gasteiger partial charge on any atom is -0.456 e. The summed E-state index contributed by atoms with van der Waals surface area (Å²) in [5.41, 5.74) is 0. The van der Waals surface area contributed by atoms with Gasteiger partial charge in [-0.2, -0.15) is 0 Å². The molecule has 0 aromatic carbocycles. The molecule has 0 aliphatic carbocycles. The maximum absolute atomic E-state index is 4.78. The highest BCUT2D eigenvalue weighted by molar-refractivity contribution is 4.81. The molecule has 0 fully saturated rings. The third-order valence-corrected chi connectivity index (χ3v) is 0.673. The van der Waals surface area contributed by atoms with Crippen LogP contribution < -0.4 is 0 Å². The van der Waals surface area contributed by atoms with Crippen LogP contribution in [0.5, 0.6) is 0 Å². The molecule has 0 saturated carbocycles. The molecule has 2 nitrogen and oxygen atoms in total. The molecule has 38 valence electrons. The minimum atomic E-state index is -0.250. The summed E-state index contributed by atoms with van der Waals surface area (Å²) in [5, 5.41) is 0. The van der Waals surface area contributed by atoms with Crippen LogP contribution in [-0.2, 0) is 9.47 Å². The first-order valence-corrected chi connectivity index (χ1v) is 2.02. The molecule has 0 bridgehead atoms. The molecule has 7 heavy (non-hydrogen) atoms. The molecule has 2 heteroatoms. The van der Waals surface area contributed by atoms with Crippen LogP contribution in [0.1, 0.15) is 0 Å². The SMILES string of the molecule is C=CC1OC=CO1.